The molecule has 0 atom stereocenters. The zero-order valence-electron chi connectivity index (χ0n) is 9.97. The first-order valence-electron chi connectivity index (χ1n) is 5.21. The monoisotopic (exact) mass is 252 g/mol. The highest BCUT2D eigenvalue weighted by molar-refractivity contribution is 5.98. The fourth-order valence-electron chi connectivity index (χ4n) is 1.16. The van der Waals surface area contributed by atoms with Crippen LogP contribution in [0.5, 0.6) is 5.75 Å². The van der Waals surface area contributed by atoms with Gasteiger partial charge in [0.05, 0.1) is 6.61 Å². The van der Waals surface area contributed by atoms with Gasteiger partial charge in [0.25, 0.3) is 0 Å². The van der Waals surface area contributed by atoms with E-state index < -0.39 is 18.1 Å². The molecule has 6 heteroatoms. The summed E-state index contributed by atoms with van der Waals surface area (Å²) in [5.74, 6) is -1.49. The van der Waals surface area contributed by atoms with Gasteiger partial charge in [0, 0.05) is 6.92 Å². The molecule has 0 N–H and O–H groups in total. The fourth-order valence-corrected chi connectivity index (χ4v) is 1.16. The summed E-state index contributed by atoms with van der Waals surface area (Å²) in [5, 5.41) is 0. The van der Waals surface area contributed by atoms with E-state index in [1.807, 2.05) is 0 Å². The minimum Gasteiger partial charge on any atom is -0.434 e. The third-order valence-corrected chi connectivity index (χ3v) is 1.80. The van der Waals surface area contributed by atoms with Crippen molar-refractivity contribution in [2.75, 3.05) is 6.61 Å². The van der Waals surface area contributed by atoms with Crippen LogP contribution in [-0.2, 0) is 14.3 Å². The van der Waals surface area contributed by atoms with E-state index in [4.69, 9.17) is 4.74 Å². The highest BCUT2D eigenvalue weighted by Gasteiger charge is 2.18. The van der Waals surface area contributed by atoms with Crippen molar-refractivity contribution in [1.82, 2.24) is 0 Å². The average molecular weight is 252 g/mol. The Hall–Kier alpha value is -2.37. The Kier molecular flexibility index (Phi) is 4.86. The largest absolute Gasteiger partial charge is 0.516 e. The summed E-state index contributed by atoms with van der Waals surface area (Å²) in [6, 6.07) is 5.93. The summed E-state index contributed by atoms with van der Waals surface area (Å²) >= 11 is 0. The zero-order valence-corrected chi connectivity index (χ0v) is 9.97. The van der Waals surface area contributed by atoms with E-state index >= 15 is 0 Å². The number of carbonyl (C=O) groups is 3. The van der Waals surface area contributed by atoms with Gasteiger partial charge in [-0.15, -0.1) is 0 Å². The van der Waals surface area contributed by atoms with Crippen molar-refractivity contribution in [2.45, 2.75) is 13.8 Å². The number of esters is 2. The molecule has 0 amide bonds. The molecule has 0 bridgehead atoms. The van der Waals surface area contributed by atoms with E-state index in [0.717, 1.165) is 0 Å². The Bertz CT molecular complexity index is 465. The maximum atomic E-state index is 11.6. The van der Waals surface area contributed by atoms with Crippen molar-refractivity contribution in [2.24, 2.45) is 0 Å². The topological polar surface area (TPSA) is 78.9 Å². The Balaban J connectivity index is 2.84. The number of benzene rings is 1. The lowest BCUT2D eigenvalue weighted by atomic mass is 10.2. The molecule has 0 aliphatic rings. The van der Waals surface area contributed by atoms with Crippen LogP contribution in [0, 0.1) is 0 Å². The van der Waals surface area contributed by atoms with Crippen LogP contribution in [0.15, 0.2) is 24.3 Å². The highest BCUT2D eigenvalue weighted by Crippen LogP contribution is 2.19. The van der Waals surface area contributed by atoms with Gasteiger partial charge in [0.1, 0.15) is 11.3 Å². The van der Waals surface area contributed by atoms with Crippen LogP contribution in [0.2, 0.25) is 0 Å². The van der Waals surface area contributed by atoms with Gasteiger partial charge in [-0.2, -0.15) is 0 Å². The van der Waals surface area contributed by atoms with Crippen LogP contribution in [0.1, 0.15) is 24.2 Å². The molecule has 0 saturated carbocycles. The second-order valence-corrected chi connectivity index (χ2v) is 3.16. The molecule has 0 radical (unpaired) electrons. The van der Waals surface area contributed by atoms with Crippen LogP contribution < -0.4 is 4.74 Å². The third kappa shape index (κ3) is 3.89. The Morgan fingerprint density at radius 1 is 1.17 bits per heavy atom. The van der Waals surface area contributed by atoms with Gasteiger partial charge in [-0.1, -0.05) is 12.1 Å². The molecule has 0 aliphatic heterocycles. The quantitative estimate of drug-likeness (QED) is 0.464. The molecule has 1 rings (SSSR count). The van der Waals surface area contributed by atoms with Gasteiger partial charge in [-0.05, 0) is 19.1 Å². The number of ether oxygens (including phenoxy) is 3. The lowest BCUT2D eigenvalue weighted by molar-refractivity contribution is -0.131. The first-order chi connectivity index (χ1) is 8.54. The summed E-state index contributed by atoms with van der Waals surface area (Å²) in [6.45, 7) is 2.88. The Morgan fingerprint density at radius 2 is 1.83 bits per heavy atom. The van der Waals surface area contributed by atoms with E-state index in [0.29, 0.717) is 0 Å². The predicted octanol–water partition coefficient (Wildman–Crippen LogP) is 1.93. The third-order valence-electron chi connectivity index (χ3n) is 1.80. The van der Waals surface area contributed by atoms with Gasteiger partial charge in [-0.3, -0.25) is 4.79 Å². The Morgan fingerprint density at radius 3 is 2.44 bits per heavy atom. The first kappa shape index (κ1) is 13.7. The van der Waals surface area contributed by atoms with Crippen LogP contribution in [0.3, 0.4) is 0 Å². The van der Waals surface area contributed by atoms with Crippen LogP contribution in [-0.4, -0.2) is 24.7 Å². The van der Waals surface area contributed by atoms with Gasteiger partial charge in [0.2, 0.25) is 0 Å². The minimum atomic E-state index is -1.10. The molecule has 0 unspecified atom stereocenters. The summed E-state index contributed by atoms with van der Waals surface area (Å²) in [7, 11) is 0. The van der Waals surface area contributed by atoms with E-state index in [9.17, 15) is 14.4 Å². The van der Waals surface area contributed by atoms with Crippen molar-refractivity contribution in [3.05, 3.63) is 29.8 Å². The van der Waals surface area contributed by atoms with Crippen molar-refractivity contribution in [3.63, 3.8) is 0 Å². The maximum absolute atomic E-state index is 11.6. The second-order valence-electron chi connectivity index (χ2n) is 3.16. The standard InChI is InChI=1S/C12H12O6/c1-3-16-12(15)18-11(14)9-6-4-5-7-10(9)17-8(2)13/h4-7H,3H2,1-2H3. The smallest absolute Gasteiger partial charge is 0.434 e. The zero-order chi connectivity index (χ0) is 13.5. The SMILES string of the molecule is CCOC(=O)OC(=O)c1ccccc1OC(C)=O. The summed E-state index contributed by atoms with van der Waals surface area (Å²) in [5.41, 5.74) is -0.0271. The maximum Gasteiger partial charge on any atom is 0.516 e. The van der Waals surface area contributed by atoms with E-state index in [1.54, 1.807) is 19.1 Å². The molecule has 0 heterocycles. The van der Waals surface area contributed by atoms with Gasteiger partial charge in [0.15, 0.2) is 0 Å². The van der Waals surface area contributed by atoms with Crippen molar-refractivity contribution in [1.29, 1.82) is 0 Å². The molecule has 0 aromatic heterocycles. The average Bonchev–Trinajstić information content (AvgIpc) is 2.28. The molecule has 1 aromatic carbocycles. The van der Waals surface area contributed by atoms with E-state index in [-0.39, 0.29) is 17.9 Å². The number of rotatable bonds is 3. The van der Waals surface area contributed by atoms with Crippen molar-refractivity contribution >= 4 is 18.1 Å². The molecule has 0 spiro atoms. The number of para-hydroxylation sites is 1. The lowest BCUT2D eigenvalue weighted by Gasteiger charge is -2.07. The molecule has 0 aliphatic carbocycles. The van der Waals surface area contributed by atoms with E-state index in [2.05, 4.69) is 9.47 Å². The highest BCUT2D eigenvalue weighted by atomic mass is 16.7. The predicted molar refractivity (Wildman–Crippen MR) is 60.2 cm³/mol. The number of carbonyl (C=O) groups excluding carboxylic acids is 3. The summed E-state index contributed by atoms with van der Waals surface area (Å²) in [6.07, 6.45) is -1.10. The molecule has 6 nitrogen and oxygen atoms in total. The molecule has 96 valence electrons. The summed E-state index contributed by atoms with van der Waals surface area (Å²) < 4.78 is 13.7. The van der Waals surface area contributed by atoms with Crippen LogP contribution in [0.25, 0.3) is 0 Å². The van der Waals surface area contributed by atoms with Gasteiger partial charge >= 0.3 is 18.1 Å². The lowest BCUT2D eigenvalue weighted by Crippen LogP contribution is -2.15. The minimum absolute atomic E-state index is 0.0271. The molecular formula is C12H12O6. The van der Waals surface area contributed by atoms with Gasteiger partial charge < -0.3 is 14.2 Å². The van der Waals surface area contributed by atoms with Gasteiger partial charge in [-0.25, -0.2) is 9.59 Å². The molecule has 1 aromatic rings. The van der Waals surface area contributed by atoms with E-state index in [1.165, 1.54) is 19.1 Å². The van der Waals surface area contributed by atoms with Crippen LogP contribution >= 0.6 is 0 Å². The molecular weight excluding hydrogens is 240 g/mol. The fraction of sp³-hybridized carbons (Fsp3) is 0.250. The first-order valence-corrected chi connectivity index (χ1v) is 5.21. The number of hydrogen-bond donors (Lipinski definition) is 0. The second kappa shape index (κ2) is 6.39. The van der Waals surface area contributed by atoms with Crippen LogP contribution in [0.4, 0.5) is 4.79 Å². The van der Waals surface area contributed by atoms with Crippen molar-refractivity contribution in [3.8, 4) is 5.75 Å². The normalized spacial score (nSPS) is 9.44. The molecule has 0 saturated heterocycles. The molecule has 0 fully saturated rings. The Labute approximate surface area is 103 Å². The van der Waals surface area contributed by atoms with Crippen molar-refractivity contribution < 1.29 is 28.6 Å². The number of hydrogen-bond acceptors (Lipinski definition) is 6. The summed E-state index contributed by atoms with van der Waals surface area (Å²) in [4.78, 5) is 33.5. The molecule has 18 heavy (non-hydrogen) atoms.